The molecule has 0 unspecified atom stereocenters. The molecule has 0 radical (unpaired) electrons. The molecule has 24 heavy (non-hydrogen) atoms. The van der Waals surface area contributed by atoms with Crippen molar-refractivity contribution in [3.63, 3.8) is 0 Å². The van der Waals surface area contributed by atoms with E-state index in [2.05, 4.69) is 47.7 Å². The topological polar surface area (TPSA) is 54.0 Å². The molecule has 0 saturated carbocycles. The fraction of sp³-hybridized carbons (Fsp3) is 0.158. The predicted molar refractivity (Wildman–Crippen MR) is 100 cm³/mol. The second kappa shape index (κ2) is 7.27. The number of aryl methyl sites for hydroxylation is 2. The van der Waals surface area contributed by atoms with Gasteiger partial charge in [0.2, 0.25) is 0 Å². The number of hydrogen-bond donors (Lipinski definition) is 2. The standard InChI is InChI=1S/C19H19N3OS/c1-3-14-7-4-6-13(2)18(14)22-17-10-9-15(12-20-17)21-19(23)16-8-5-11-24-16/h4-12H,3H2,1-2H3,(H,20,22)(H,21,23). The van der Waals surface area contributed by atoms with Crippen LogP contribution in [0.2, 0.25) is 0 Å². The zero-order chi connectivity index (χ0) is 16.9. The van der Waals surface area contributed by atoms with Crippen molar-refractivity contribution in [3.05, 3.63) is 70.0 Å². The van der Waals surface area contributed by atoms with E-state index in [0.717, 1.165) is 17.9 Å². The second-order valence-electron chi connectivity index (χ2n) is 5.45. The van der Waals surface area contributed by atoms with E-state index in [4.69, 9.17) is 0 Å². The Morgan fingerprint density at radius 2 is 2.04 bits per heavy atom. The number of thiophene rings is 1. The highest BCUT2D eigenvalue weighted by atomic mass is 32.1. The fourth-order valence-corrected chi connectivity index (χ4v) is 3.09. The van der Waals surface area contributed by atoms with E-state index in [1.165, 1.54) is 22.5 Å². The van der Waals surface area contributed by atoms with Gasteiger partial charge in [0.15, 0.2) is 0 Å². The Morgan fingerprint density at radius 3 is 2.71 bits per heavy atom. The average Bonchev–Trinajstić information content (AvgIpc) is 3.13. The third-order valence-corrected chi connectivity index (χ3v) is 4.63. The normalized spacial score (nSPS) is 10.4. The first-order valence-electron chi connectivity index (χ1n) is 7.84. The lowest BCUT2D eigenvalue weighted by Crippen LogP contribution is -2.10. The van der Waals surface area contributed by atoms with Crippen LogP contribution in [-0.4, -0.2) is 10.9 Å². The molecule has 3 aromatic rings. The number of rotatable bonds is 5. The van der Waals surface area contributed by atoms with Gasteiger partial charge >= 0.3 is 0 Å². The fourth-order valence-electron chi connectivity index (χ4n) is 2.47. The molecular weight excluding hydrogens is 318 g/mol. The molecule has 0 fully saturated rings. The maximum absolute atomic E-state index is 12.0. The molecule has 0 aliphatic carbocycles. The molecule has 2 aromatic heterocycles. The van der Waals surface area contributed by atoms with E-state index in [0.29, 0.717) is 10.6 Å². The zero-order valence-electron chi connectivity index (χ0n) is 13.7. The molecule has 1 aromatic carbocycles. The van der Waals surface area contributed by atoms with Gasteiger partial charge in [-0.25, -0.2) is 4.98 Å². The van der Waals surface area contributed by atoms with Crippen molar-refractivity contribution in [1.29, 1.82) is 0 Å². The van der Waals surface area contributed by atoms with Gasteiger partial charge in [-0.15, -0.1) is 11.3 Å². The first-order chi connectivity index (χ1) is 11.7. The first-order valence-corrected chi connectivity index (χ1v) is 8.71. The first kappa shape index (κ1) is 16.2. The summed E-state index contributed by atoms with van der Waals surface area (Å²) in [5.41, 5.74) is 4.22. The van der Waals surface area contributed by atoms with Crippen LogP contribution in [0.3, 0.4) is 0 Å². The molecule has 5 heteroatoms. The van der Waals surface area contributed by atoms with Crippen LogP contribution < -0.4 is 10.6 Å². The van der Waals surface area contributed by atoms with Gasteiger partial charge in [-0.2, -0.15) is 0 Å². The summed E-state index contributed by atoms with van der Waals surface area (Å²) in [7, 11) is 0. The molecular formula is C19H19N3OS. The van der Waals surface area contributed by atoms with Crippen molar-refractivity contribution >= 4 is 34.4 Å². The van der Waals surface area contributed by atoms with E-state index in [1.807, 2.05) is 23.6 Å². The Kier molecular flexibility index (Phi) is 4.91. The Labute approximate surface area is 145 Å². The van der Waals surface area contributed by atoms with Gasteiger partial charge in [0.25, 0.3) is 5.91 Å². The molecule has 122 valence electrons. The van der Waals surface area contributed by atoms with Crippen LogP contribution in [0.1, 0.15) is 27.7 Å². The number of nitrogens with one attached hydrogen (secondary N) is 2. The number of para-hydroxylation sites is 1. The summed E-state index contributed by atoms with van der Waals surface area (Å²) in [6.45, 7) is 4.22. The van der Waals surface area contributed by atoms with Crippen LogP contribution in [0.5, 0.6) is 0 Å². The lowest BCUT2D eigenvalue weighted by molar-refractivity contribution is 0.103. The molecule has 0 aliphatic heterocycles. The van der Waals surface area contributed by atoms with Gasteiger partial charge in [-0.05, 0) is 48.1 Å². The molecule has 4 nitrogen and oxygen atoms in total. The molecule has 0 saturated heterocycles. The second-order valence-corrected chi connectivity index (χ2v) is 6.40. The van der Waals surface area contributed by atoms with Crippen molar-refractivity contribution in [2.45, 2.75) is 20.3 Å². The maximum atomic E-state index is 12.0. The molecule has 0 bridgehead atoms. The summed E-state index contributed by atoms with van der Waals surface area (Å²) in [5.74, 6) is 0.646. The molecule has 2 heterocycles. The summed E-state index contributed by atoms with van der Waals surface area (Å²) in [6.07, 6.45) is 2.62. The van der Waals surface area contributed by atoms with Gasteiger partial charge < -0.3 is 10.6 Å². The van der Waals surface area contributed by atoms with Crippen LogP contribution in [0.15, 0.2) is 54.0 Å². The minimum absolute atomic E-state index is 0.111. The number of carbonyl (C=O) groups is 1. The van der Waals surface area contributed by atoms with E-state index < -0.39 is 0 Å². The molecule has 0 aliphatic rings. The summed E-state index contributed by atoms with van der Waals surface area (Å²) >= 11 is 1.42. The number of pyridine rings is 1. The SMILES string of the molecule is CCc1cccc(C)c1Nc1ccc(NC(=O)c2cccs2)cn1. The van der Waals surface area contributed by atoms with Crippen molar-refractivity contribution < 1.29 is 4.79 Å². The van der Waals surface area contributed by atoms with Crippen molar-refractivity contribution in [2.24, 2.45) is 0 Å². The summed E-state index contributed by atoms with van der Waals surface area (Å²) in [6, 6.07) is 13.6. The van der Waals surface area contributed by atoms with E-state index in [9.17, 15) is 4.79 Å². The smallest absolute Gasteiger partial charge is 0.265 e. The number of benzene rings is 1. The lowest BCUT2D eigenvalue weighted by atomic mass is 10.1. The van der Waals surface area contributed by atoms with Crippen LogP contribution in [0.25, 0.3) is 0 Å². The van der Waals surface area contributed by atoms with Gasteiger partial charge in [-0.1, -0.05) is 31.2 Å². The van der Waals surface area contributed by atoms with Crippen LogP contribution in [-0.2, 0) is 6.42 Å². The average molecular weight is 337 g/mol. The third kappa shape index (κ3) is 3.63. The minimum Gasteiger partial charge on any atom is -0.340 e. The van der Waals surface area contributed by atoms with Crippen LogP contribution >= 0.6 is 11.3 Å². The molecule has 0 spiro atoms. The highest BCUT2D eigenvalue weighted by Crippen LogP contribution is 2.25. The molecule has 3 rings (SSSR count). The Morgan fingerprint density at radius 1 is 1.17 bits per heavy atom. The van der Waals surface area contributed by atoms with E-state index >= 15 is 0 Å². The maximum Gasteiger partial charge on any atom is 0.265 e. The van der Waals surface area contributed by atoms with Crippen molar-refractivity contribution in [1.82, 2.24) is 4.98 Å². The Balaban J connectivity index is 1.72. The number of anilines is 3. The van der Waals surface area contributed by atoms with Gasteiger partial charge in [0.1, 0.15) is 5.82 Å². The molecule has 1 amide bonds. The van der Waals surface area contributed by atoms with E-state index in [-0.39, 0.29) is 5.91 Å². The number of carbonyl (C=O) groups excluding carboxylic acids is 1. The number of amides is 1. The van der Waals surface area contributed by atoms with Gasteiger partial charge in [0, 0.05) is 5.69 Å². The summed E-state index contributed by atoms with van der Waals surface area (Å²) < 4.78 is 0. The largest absolute Gasteiger partial charge is 0.340 e. The highest BCUT2D eigenvalue weighted by Gasteiger charge is 2.08. The van der Waals surface area contributed by atoms with Gasteiger partial charge in [-0.3, -0.25) is 4.79 Å². The number of nitrogens with zero attached hydrogens (tertiary/aromatic N) is 1. The van der Waals surface area contributed by atoms with Crippen LogP contribution in [0, 0.1) is 6.92 Å². The predicted octanol–water partition coefficient (Wildman–Crippen LogP) is 5.01. The quantitative estimate of drug-likeness (QED) is 0.688. The zero-order valence-corrected chi connectivity index (χ0v) is 14.5. The Bertz CT molecular complexity index is 826. The third-order valence-electron chi connectivity index (χ3n) is 3.76. The molecule has 0 atom stereocenters. The van der Waals surface area contributed by atoms with E-state index in [1.54, 1.807) is 12.3 Å². The van der Waals surface area contributed by atoms with Gasteiger partial charge in [0.05, 0.1) is 16.8 Å². The van der Waals surface area contributed by atoms with Crippen molar-refractivity contribution in [3.8, 4) is 0 Å². The number of aromatic nitrogens is 1. The highest BCUT2D eigenvalue weighted by molar-refractivity contribution is 7.12. The summed E-state index contributed by atoms with van der Waals surface area (Å²) in [5, 5.41) is 8.11. The lowest BCUT2D eigenvalue weighted by Gasteiger charge is -2.13. The molecule has 2 N–H and O–H groups in total. The van der Waals surface area contributed by atoms with Crippen molar-refractivity contribution in [2.75, 3.05) is 10.6 Å². The Hall–Kier alpha value is -2.66. The number of hydrogen-bond acceptors (Lipinski definition) is 4. The minimum atomic E-state index is -0.111. The van der Waals surface area contributed by atoms with Crippen LogP contribution in [0.4, 0.5) is 17.2 Å². The summed E-state index contributed by atoms with van der Waals surface area (Å²) in [4.78, 5) is 17.1. The monoisotopic (exact) mass is 337 g/mol.